The summed E-state index contributed by atoms with van der Waals surface area (Å²) >= 11 is 0. The van der Waals surface area contributed by atoms with E-state index in [1.165, 1.54) is 0 Å². The van der Waals surface area contributed by atoms with Gasteiger partial charge in [0.1, 0.15) is 12.2 Å². The standard InChI is InChI=1S/C15H20O5/c1-10-7-19-12-3-2-11(6-13(12)20-8-10)15(16)14-9-17-4-5-18-14/h2-3,6,10,14-16H,4-5,7-9H2,1H3. The van der Waals surface area contributed by atoms with E-state index in [0.29, 0.717) is 44.7 Å². The molecule has 0 aliphatic carbocycles. The molecule has 3 atom stereocenters. The van der Waals surface area contributed by atoms with E-state index >= 15 is 0 Å². The Balaban J connectivity index is 1.77. The number of hydrogen-bond donors (Lipinski definition) is 1. The number of aliphatic hydroxyl groups excluding tert-OH is 1. The molecule has 110 valence electrons. The normalized spacial score (nSPS) is 27.7. The molecule has 0 aromatic heterocycles. The molecule has 2 heterocycles. The average molecular weight is 280 g/mol. The fraction of sp³-hybridized carbons (Fsp3) is 0.600. The maximum atomic E-state index is 10.4. The second-order valence-electron chi connectivity index (χ2n) is 5.36. The van der Waals surface area contributed by atoms with Crippen LogP contribution in [0.4, 0.5) is 0 Å². The van der Waals surface area contributed by atoms with Crippen molar-refractivity contribution in [1.29, 1.82) is 0 Å². The third-order valence-corrected chi connectivity index (χ3v) is 3.55. The minimum absolute atomic E-state index is 0.326. The van der Waals surface area contributed by atoms with E-state index in [-0.39, 0.29) is 6.10 Å². The molecular weight excluding hydrogens is 260 g/mol. The third kappa shape index (κ3) is 2.90. The van der Waals surface area contributed by atoms with Crippen LogP contribution in [0.3, 0.4) is 0 Å². The minimum Gasteiger partial charge on any atom is -0.489 e. The molecule has 5 heteroatoms. The lowest BCUT2D eigenvalue weighted by Crippen LogP contribution is -2.33. The van der Waals surface area contributed by atoms with Crippen molar-refractivity contribution in [2.24, 2.45) is 5.92 Å². The molecule has 1 aromatic carbocycles. The van der Waals surface area contributed by atoms with Crippen LogP contribution in [0.2, 0.25) is 0 Å². The molecule has 2 aliphatic rings. The lowest BCUT2D eigenvalue weighted by Gasteiger charge is -2.27. The molecule has 0 saturated carbocycles. The Bertz CT molecular complexity index is 456. The molecular formula is C15H20O5. The Morgan fingerprint density at radius 1 is 1.10 bits per heavy atom. The zero-order valence-corrected chi connectivity index (χ0v) is 11.6. The Kier molecular flexibility index (Phi) is 4.10. The smallest absolute Gasteiger partial charge is 0.161 e. The molecule has 0 bridgehead atoms. The summed E-state index contributed by atoms with van der Waals surface area (Å²) in [5, 5.41) is 10.4. The average Bonchev–Trinajstić information content (AvgIpc) is 2.69. The highest BCUT2D eigenvalue weighted by Crippen LogP contribution is 2.34. The molecule has 3 rings (SSSR count). The number of benzene rings is 1. The first kappa shape index (κ1) is 13.7. The molecule has 1 fully saturated rings. The van der Waals surface area contributed by atoms with Gasteiger partial charge >= 0.3 is 0 Å². The first-order valence-electron chi connectivity index (χ1n) is 7.01. The summed E-state index contributed by atoms with van der Waals surface area (Å²) in [6.45, 7) is 4.86. The van der Waals surface area contributed by atoms with Crippen molar-refractivity contribution in [3.63, 3.8) is 0 Å². The van der Waals surface area contributed by atoms with E-state index in [0.717, 1.165) is 11.3 Å². The lowest BCUT2D eigenvalue weighted by atomic mass is 10.0. The van der Waals surface area contributed by atoms with Crippen molar-refractivity contribution < 1.29 is 24.1 Å². The highest BCUT2D eigenvalue weighted by atomic mass is 16.6. The first-order valence-corrected chi connectivity index (χ1v) is 7.01. The first-order chi connectivity index (χ1) is 9.74. The molecule has 1 saturated heterocycles. The number of hydrogen-bond acceptors (Lipinski definition) is 5. The Labute approximate surface area is 118 Å². The minimum atomic E-state index is -0.718. The van der Waals surface area contributed by atoms with Crippen molar-refractivity contribution in [1.82, 2.24) is 0 Å². The van der Waals surface area contributed by atoms with Crippen molar-refractivity contribution >= 4 is 0 Å². The van der Waals surface area contributed by atoms with Crippen LogP contribution in [-0.4, -0.2) is 44.2 Å². The van der Waals surface area contributed by atoms with E-state index in [4.69, 9.17) is 18.9 Å². The van der Waals surface area contributed by atoms with E-state index in [9.17, 15) is 5.11 Å². The Morgan fingerprint density at radius 3 is 2.65 bits per heavy atom. The van der Waals surface area contributed by atoms with Gasteiger partial charge in [0.05, 0.1) is 33.0 Å². The number of ether oxygens (including phenoxy) is 4. The van der Waals surface area contributed by atoms with Gasteiger partial charge in [-0.3, -0.25) is 0 Å². The van der Waals surface area contributed by atoms with Gasteiger partial charge in [-0.05, 0) is 17.7 Å². The second-order valence-corrected chi connectivity index (χ2v) is 5.36. The van der Waals surface area contributed by atoms with Gasteiger partial charge in [-0.2, -0.15) is 0 Å². The summed E-state index contributed by atoms with van der Waals surface area (Å²) in [7, 11) is 0. The third-order valence-electron chi connectivity index (χ3n) is 3.55. The van der Waals surface area contributed by atoms with Gasteiger partial charge in [-0.15, -0.1) is 0 Å². The quantitative estimate of drug-likeness (QED) is 0.890. The van der Waals surface area contributed by atoms with Gasteiger partial charge in [0.15, 0.2) is 11.5 Å². The molecule has 3 unspecified atom stereocenters. The maximum absolute atomic E-state index is 10.4. The summed E-state index contributed by atoms with van der Waals surface area (Å²) in [6, 6.07) is 5.52. The van der Waals surface area contributed by atoms with Crippen LogP contribution in [0.5, 0.6) is 11.5 Å². The molecule has 1 N–H and O–H groups in total. The molecule has 5 nitrogen and oxygen atoms in total. The van der Waals surface area contributed by atoms with Crippen LogP contribution < -0.4 is 9.47 Å². The lowest BCUT2D eigenvalue weighted by molar-refractivity contribution is -0.133. The van der Waals surface area contributed by atoms with E-state index < -0.39 is 6.10 Å². The van der Waals surface area contributed by atoms with Crippen LogP contribution in [0.15, 0.2) is 18.2 Å². The fourth-order valence-electron chi connectivity index (χ4n) is 2.36. The van der Waals surface area contributed by atoms with Gasteiger partial charge in [-0.1, -0.05) is 13.0 Å². The number of rotatable bonds is 2. The van der Waals surface area contributed by atoms with Crippen molar-refractivity contribution in [2.45, 2.75) is 19.1 Å². The van der Waals surface area contributed by atoms with Gasteiger partial charge < -0.3 is 24.1 Å². The summed E-state index contributed by atoms with van der Waals surface area (Å²) in [6.07, 6.45) is -1.04. The monoisotopic (exact) mass is 280 g/mol. The van der Waals surface area contributed by atoms with Gasteiger partial charge in [-0.25, -0.2) is 0 Å². The Hall–Kier alpha value is -1.30. The van der Waals surface area contributed by atoms with Crippen LogP contribution in [0.1, 0.15) is 18.6 Å². The van der Waals surface area contributed by atoms with E-state index in [1.54, 1.807) is 0 Å². The van der Waals surface area contributed by atoms with Crippen LogP contribution >= 0.6 is 0 Å². The molecule has 20 heavy (non-hydrogen) atoms. The maximum Gasteiger partial charge on any atom is 0.161 e. The van der Waals surface area contributed by atoms with Gasteiger partial charge in [0.25, 0.3) is 0 Å². The fourth-order valence-corrected chi connectivity index (χ4v) is 2.36. The zero-order valence-electron chi connectivity index (χ0n) is 11.6. The molecule has 0 amide bonds. The van der Waals surface area contributed by atoms with Crippen molar-refractivity contribution in [3.8, 4) is 11.5 Å². The number of aliphatic hydroxyl groups is 1. The molecule has 0 radical (unpaired) electrons. The van der Waals surface area contributed by atoms with Crippen molar-refractivity contribution in [3.05, 3.63) is 23.8 Å². The highest BCUT2D eigenvalue weighted by Gasteiger charge is 2.26. The van der Waals surface area contributed by atoms with Crippen LogP contribution in [0, 0.1) is 5.92 Å². The van der Waals surface area contributed by atoms with Gasteiger partial charge in [0.2, 0.25) is 0 Å². The molecule has 2 aliphatic heterocycles. The van der Waals surface area contributed by atoms with Crippen LogP contribution in [-0.2, 0) is 9.47 Å². The molecule has 1 aromatic rings. The topological polar surface area (TPSA) is 57.2 Å². The summed E-state index contributed by atoms with van der Waals surface area (Å²) in [5.41, 5.74) is 0.761. The van der Waals surface area contributed by atoms with E-state index in [2.05, 4.69) is 6.92 Å². The summed E-state index contributed by atoms with van der Waals surface area (Å²) in [5.74, 6) is 1.76. The predicted octanol–water partition coefficient (Wildman–Crippen LogP) is 1.54. The zero-order chi connectivity index (χ0) is 13.9. The largest absolute Gasteiger partial charge is 0.489 e. The van der Waals surface area contributed by atoms with Gasteiger partial charge in [0, 0.05) is 5.92 Å². The summed E-state index contributed by atoms with van der Waals surface area (Å²) in [4.78, 5) is 0. The SMILES string of the molecule is CC1COc2ccc(C(O)C3COCCO3)cc2OC1. The van der Waals surface area contributed by atoms with Crippen molar-refractivity contribution in [2.75, 3.05) is 33.0 Å². The number of fused-ring (bicyclic) bond motifs is 1. The summed E-state index contributed by atoms with van der Waals surface area (Å²) < 4.78 is 22.3. The highest BCUT2D eigenvalue weighted by molar-refractivity contribution is 5.44. The molecule has 0 spiro atoms. The Morgan fingerprint density at radius 2 is 1.90 bits per heavy atom. The van der Waals surface area contributed by atoms with Crippen LogP contribution in [0.25, 0.3) is 0 Å². The second kappa shape index (κ2) is 5.99. The van der Waals surface area contributed by atoms with E-state index in [1.807, 2.05) is 18.2 Å². The predicted molar refractivity (Wildman–Crippen MR) is 72.1 cm³/mol.